The van der Waals surface area contributed by atoms with Gasteiger partial charge in [-0.2, -0.15) is 0 Å². The van der Waals surface area contributed by atoms with E-state index in [1.54, 1.807) is 5.94 Å². The average Bonchev–Trinajstić information content (AvgIpc) is 1.95. The second-order valence-electron chi connectivity index (χ2n) is 2.80. The Bertz CT molecular complexity index is 141. The van der Waals surface area contributed by atoms with Crippen LogP contribution in [0.5, 0.6) is 0 Å². The topological polar surface area (TPSA) is 17.1 Å². The van der Waals surface area contributed by atoms with Gasteiger partial charge in [-0.25, -0.2) is 9.18 Å². The lowest BCUT2D eigenvalue weighted by molar-refractivity contribution is 0.227. The van der Waals surface area contributed by atoms with Crippen LogP contribution in [0.3, 0.4) is 0 Å². The van der Waals surface area contributed by atoms with Crippen molar-refractivity contribution in [2.45, 2.75) is 31.9 Å². The molecule has 0 radical (unpaired) electrons. The fourth-order valence-electron chi connectivity index (χ4n) is 1.34. The van der Waals surface area contributed by atoms with Crippen molar-refractivity contribution < 1.29 is 9.18 Å². The predicted molar refractivity (Wildman–Crippen MR) is 37.1 cm³/mol. The average molecular weight is 142 g/mol. The van der Waals surface area contributed by atoms with Crippen molar-refractivity contribution in [1.82, 2.24) is 0 Å². The Balaban J connectivity index is 2.32. The Morgan fingerprint density at radius 1 is 1.30 bits per heavy atom. The molecule has 0 N–H and O–H groups in total. The molecule has 0 spiro atoms. The van der Waals surface area contributed by atoms with Gasteiger partial charge in [0.1, 0.15) is 12.1 Å². The van der Waals surface area contributed by atoms with Crippen LogP contribution in [0, 0.1) is 5.92 Å². The summed E-state index contributed by atoms with van der Waals surface area (Å²) in [4.78, 5) is 9.88. The zero-order chi connectivity index (χ0) is 7.40. The predicted octanol–water partition coefficient (Wildman–Crippen LogP) is 1.90. The maximum atomic E-state index is 12.5. The standard InChI is InChI=1S/C8H11FO/c9-8-3-1-7(2-4-8)5-6-10/h5,7-8H,1-4H2. The molecule has 2 heteroatoms. The first-order valence-electron chi connectivity index (χ1n) is 3.68. The third-order valence-electron chi connectivity index (χ3n) is 2.01. The number of alkyl halides is 1. The van der Waals surface area contributed by atoms with Gasteiger partial charge in [0, 0.05) is 6.08 Å². The Morgan fingerprint density at radius 3 is 2.40 bits per heavy atom. The molecule has 0 heterocycles. The quantitative estimate of drug-likeness (QED) is 0.511. The molecule has 0 saturated heterocycles. The Kier molecular flexibility index (Phi) is 2.64. The van der Waals surface area contributed by atoms with Crippen molar-refractivity contribution in [3.63, 3.8) is 0 Å². The molecule has 1 aliphatic carbocycles. The molecule has 0 bridgehead atoms. The largest absolute Gasteiger partial charge is 0.247 e. The number of allylic oxidation sites excluding steroid dienone is 1. The van der Waals surface area contributed by atoms with Crippen molar-refractivity contribution in [3.8, 4) is 0 Å². The van der Waals surface area contributed by atoms with Gasteiger partial charge in [0.25, 0.3) is 0 Å². The van der Waals surface area contributed by atoms with Crippen LogP contribution >= 0.6 is 0 Å². The van der Waals surface area contributed by atoms with Crippen LogP contribution in [0.2, 0.25) is 0 Å². The summed E-state index contributed by atoms with van der Waals surface area (Å²) in [7, 11) is 0. The molecule has 1 rings (SSSR count). The molecule has 1 fully saturated rings. The van der Waals surface area contributed by atoms with Crippen molar-refractivity contribution in [3.05, 3.63) is 6.08 Å². The third-order valence-corrected chi connectivity index (χ3v) is 2.01. The van der Waals surface area contributed by atoms with E-state index in [0.717, 1.165) is 12.8 Å². The number of rotatable bonds is 1. The van der Waals surface area contributed by atoms with Crippen LogP contribution in [0.1, 0.15) is 25.7 Å². The summed E-state index contributed by atoms with van der Waals surface area (Å²) in [6.07, 6.45) is 3.75. The van der Waals surface area contributed by atoms with Crippen LogP contribution in [-0.4, -0.2) is 12.1 Å². The molecule has 56 valence electrons. The van der Waals surface area contributed by atoms with Gasteiger partial charge in [-0.05, 0) is 31.6 Å². The molecule has 10 heavy (non-hydrogen) atoms. The molecule has 0 atom stereocenters. The van der Waals surface area contributed by atoms with E-state index in [1.165, 1.54) is 6.08 Å². The minimum atomic E-state index is -0.628. The van der Waals surface area contributed by atoms with Crippen LogP contribution in [-0.2, 0) is 4.79 Å². The summed E-state index contributed by atoms with van der Waals surface area (Å²) in [6, 6.07) is 0. The molecule has 0 aliphatic heterocycles. The molecule has 0 amide bonds. The molecule has 0 aromatic rings. The monoisotopic (exact) mass is 142 g/mol. The SMILES string of the molecule is O=C=CC1CCC(F)CC1. The van der Waals surface area contributed by atoms with Crippen molar-refractivity contribution in [2.75, 3.05) is 0 Å². The second-order valence-corrected chi connectivity index (χ2v) is 2.80. The number of halogens is 1. The molecule has 1 aliphatic rings. The maximum Gasteiger partial charge on any atom is 0.120 e. The first-order chi connectivity index (χ1) is 4.83. The summed E-state index contributed by atoms with van der Waals surface area (Å²) < 4.78 is 12.5. The Morgan fingerprint density at radius 2 is 1.90 bits per heavy atom. The van der Waals surface area contributed by atoms with Gasteiger partial charge in [0.2, 0.25) is 0 Å². The van der Waals surface area contributed by atoms with E-state index in [0.29, 0.717) is 18.8 Å². The van der Waals surface area contributed by atoms with Crippen LogP contribution in [0.15, 0.2) is 6.08 Å². The zero-order valence-electron chi connectivity index (χ0n) is 5.85. The van der Waals surface area contributed by atoms with Crippen molar-refractivity contribution in [2.24, 2.45) is 5.92 Å². The van der Waals surface area contributed by atoms with Gasteiger partial charge in [0.05, 0.1) is 0 Å². The second kappa shape index (κ2) is 3.52. The van der Waals surface area contributed by atoms with E-state index in [1.807, 2.05) is 0 Å². The van der Waals surface area contributed by atoms with Crippen LogP contribution in [0.25, 0.3) is 0 Å². The first kappa shape index (κ1) is 7.49. The fourth-order valence-corrected chi connectivity index (χ4v) is 1.34. The highest BCUT2D eigenvalue weighted by Crippen LogP contribution is 2.26. The van der Waals surface area contributed by atoms with Crippen LogP contribution < -0.4 is 0 Å². The van der Waals surface area contributed by atoms with E-state index in [9.17, 15) is 9.18 Å². The molecule has 0 aromatic heterocycles. The normalized spacial score (nSPS) is 32.9. The lowest BCUT2D eigenvalue weighted by Crippen LogP contribution is -2.13. The first-order valence-corrected chi connectivity index (χ1v) is 3.68. The smallest absolute Gasteiger partial charge is 0.120 e. The lowest BCUT2D eigenvalue weighted by atomic mass is 9.88. The minimum Gasteiger partial charge on any atom is -0.247 e. The highest BCUT2D eigenvalue weighted by Gasteiger charge is 2.18. The van der Waals surface area contributed by atoms with Crippen molar-refractivity contribution in [1.29, 1.82) is 0 Å². The minimum absolute atomic E-state index is 0.296. The molecule has 1 nitrogen and oxygen atoms in total. The van der Waals surface area contributed by atoms with E-state index in [4.69, 9.17) is 0 Å². The van der Waals surface area contributed by atoms with Gasteiger partial charge in [0.15, 0.2) is 0 Å². The van der Waals surface area contributed by atoms with Crippen molar-refractivity contribution >= 4 is 5.94 Å². The Hall–Kier alpha value is -0.620. The highest BCUT2D eigenvalue weighted by atomic mass is 19.1. The maximum absolute atomic E-state index is 12.5. The van der Waals surface area contributed by atoms with Gasteiger partial charge < -0.3 is 0 Å². The number of carbonyl (C=O) groups excluding carboxylic acids is 1. The summed E-state index contributed by atoms with van der Waals surface area (Å²) in [5, 5.41) is 0. The lowest BCUT2D eigenvalue weighted by Gasteiger charge is -2.19. The van der Waals surface area contributed by atoms with Gasteiger partial charge in [-0.3, -0.25) is 0 Å². The fraction of sp³-hybridized carbons (Fsp3) is 0.750. The molecule has 1 saturated carbocycles. The highest BCUT2D eigenvalue weighted by molar-refractivity contribution is 5.45. The molecular weight excluding hydrogens is 131 g/mol. The van der Waals surface area contributed by atoms with Gasteiger partial charge in [-0.1, -0.05) is 0 Å². The summed E-state index contributed by atoms with van der Waals surface area (Å²) in [6.45, 7) is 0. The van der Waals surface area contributed by atoms with E-state index in [-0.39, 0.29) is 0 Å². The molecular formula is C8H11FO. The van der Waals surface area contributed by atoms with Crippen LogP contribution in [0.4, 0.5) is 4.39 Å². The van der Waals surface area contributed by atoms with Gasteiger partial charge in [-0.15, -0.1) is 0 Å². The summed E-state index contributed by atoms with van der Waals surface area (Å²) in [5.41, 5.74) is 0. The Labute approximate surface area is 59.9 Å². The summed E-state index contributed by atoms with van der Waals surface area (Å²) >= 11 is 0. The van der Waals surface area contributed by atoms with E-state index in [2.05, 4.69) is 0 Å². The molecule has 0 aromatic carbocycles. The number of hydrogen-bond acceptors (Lipinski definition) is 1. The van der Waals surface area contributed by atoms with E-state index < -0.39 is 6.17 Å². The zero-order valence-corrected chi connectivity index (χ0v) is 5.85. The van der Waals surface area contributed by atoms with E-state index >= 15 is 0 Å². The third kappa shape index (κ3) is 1.96. The van der Waals surface area contributed by atoms with Gasteiger partial charge >= 0.3 is 0 Å². The molecule has 0 unspecified atom stereocenters. The summed E-state index contributed by atoms with van der Waals surface area (Å²) in [5.74, 6) is 2.05. The number of hydrogen-bond donors (Lipinski definition) is 0.